The number of benzene rings is 1. The minimum absolute atomic E-state index is 0. The zero-order valence-electron chi connectivity index (χ0n) is 12.9. The van der Waals surface area contributed by atoms with Crippen molar-refractivity contribution in [1.82, 2.24) is 10.6 Å². The van der Waals surface area contributed by atoms with Gasteiger partial charge in [-0.25, -0.2) is 4.99 Å². The van der Waals surface area contributed by atoms with Gasteiger partial charge in [0.15, 0.2) is 5.96 Å². The largest absolute Gasteiger partial charge is 0.435 e. The van der Waals surface area contributed by atoms with Gasteiger partial charge in [0.2, 0.25) is 0 Å². The third-order valence-electron chi connectivity index (χ3n) is 2.59. The number of alkyl halides is 5. The van der Waals surface area contributed by atoms with Gasteiger partial charge in [0.1, 0.15) is 5.75 Å². The highest BCUT2D eigenvalue weighted by Crippen LogP contribution is 2.18. The fraction of sp³-hybridized carbons (Fsp3) is 0.500. The van der Waals surface area contributed by atoms with Gasteiger partial charge in [-0.3, -0.25) is 0 Å². The van der Waals surface area contributed by atoms with Gasteiger partial charge in [0.25, 0.3) is 0 Å². The highest BCUT2D eigenvalue weighted by Gasteiger charge is 2.26. The molecular formula is C14H19F5IN3O. The molecule has 2 N–H and O–H groups in total. The number of aliphatic imine (C=N–C) groups is 1. The van der Waals surface area contributed by atoms with Crippen LogP contribution in [0, 0.1) is 0 Å². The summed E-state index contributed by atoms with van der Waals surface area (Å²) in [6, 6.07) is 5.97. The van der Waals surface area contributed by atoms with E-state index in [9.17, 15) is 22.0 Å². The van der Waals surface area contributed by atoms with E-state index in [1.165, 1.54) is 18.2 Å². The lowest BCUT2D eigenvalue weighted by atomic mass is 10.2. The van der Waals surface area contributed by atoms with Gasteiger partial charge in [-0.15, -0.1) is 24.0 Å². The van der Waals surface area contributed by atoms with Gasteiger partial charge < -0.3 is 15.4 Å². The van der Waals surface area contributed by atoms with E-state index in [4.69, 9.17) is 0 Å². The molecule has 0 saturated carbocycles. The molecule has 10 heteroatoms. The molecule has 0 aromatic heterocycles. The second-order valence-corrected chi connectivity index (χ2v) is 4.51. The maximum absolute atomic E-state index is 12.1. The van der Waals surface area contributed by atoms with Gasteiger partial charge in [-0.05, 0) is 24.6 Å². The first kappa shape index (κ1) is 22.7. The second kappa shape index (κ2) is 11.3. The molecule has 4 nitrogen and oxygen atoms in total. The van der Waals surface area contributed by atoms with Crippen LogP contribution < -0.4 is 15.4 Å². The van der Waals surface area contributed by atoms with E-state index in [1.807, 2.05) is 0 Å². The lowest BCUT2D eigenvalue weighted by Crippen LogP contribution is -2.38. The van der Waals surface area contributed by atoms with Crippen LogP contribution in [0.2, 0.25) is 0 Å². The van der Waals surface area contributed by atoms with Crippen LogP contribution >= 0.6 is 24.0 Å². The molecule has 0 aliphatic heterocycles. The molecule has 0 spiro atoms. The maximum Gasteiger partial charge on any atom is 0.390 e. The average Bonchev–Trinajstić information content (AvgIpc) is 2.43. The fourth-order valence-electron chi connectivity index (χ4n) is 1.65. The van der Waals surface area contributed by atoms with Crippen LogP contribution in [0.5, 0.6) is 5.75 Å². The molecular weight excluding hydrogens is 448 g/mol. The highest BCUT2D eigenvalue weighted by molar-refractivity contribution is 14.0. The molecule has 1 aromatic rings. The third-order valence-corrected chi connectivity index (χ3v) is 2.59. The van der Waals surface area contributed by atoms with Crippen molar-refractivity contribution in [3.63, 3.8) is 0 Å². The summed E-state index contributed by atoms with van der Waals surface area (Å²) >= 11 is 0. The number of hydrogen-bond acceptors (Lipinski definition) is 2. The fourth-order valence-corrected chi connectivity index (χ4v) is 1.65. The molecule has 138 valence electrons. The van der Waals surface area contributed by atoms with Crippen LogP contribution in [0.25, 0.3) is 0 Å². The Labute approximate surface area is 153 Å². The average molecular weight is 467 g/mol. The molecule has 0 heterocycles. The Hall–Kier alpha value is -1.33. The summed E-state index contributed by atoms with van der Waals surface area (Å²) in [6.45, 7) is -0.856. The molecule has 0 fully saturated rings. The summed E-state index contributed by atoms with van der Waals surface area (Å²) in [5, 5.41) is 5.37. The van der Waals surface area contributed by atoms with Crippen LogP contribution in [0.1, 0.15) is 18.9 Å². The normalized spacial score (nSPS) is 11.9. The van der Waals surface area contributed by atoms with E-state index in [2.05, 4.69) is 20.4 Å². The smallest absolute Gasteiger partial charge is 0.390 e. The first-order chi connectivity index (χ1) is 10.8. The summed E-state index contributed by atoms with van der Waals surface area (Å²) in [6.07, 6.45) is -5.22. The van der Waals surface area contributed by atoms with Crippen LogP contribution in [0.15, 0.2) is 29.3 Å². The van der Waals surface area contributed by atoms with Crippen molar-refractivity contribution in [3.8, 4) is 5.75 Å². The quantitative estimate of drug-likeness (QED) is 0.277. The maximum atomic E-state index is 12.1. The number of halogens is 6. The zero-order chi connectivity index (χ0) is 17.3. The van der Waals surface area contributed by atoms with E-state index >= 15 is 0 Å². The topological polar surface area (TPSA) is 45.7 Å². The van der Waals surface area contributed by atoms with Crippen molar-refractivity contribution < 1.29 is 26.7 Å². The van der Waals surface area contributed by atoms with Gasteiger partial charge >= 0.3 is 12.8 Å². The molecule has 0 unspecified atom stereocenters. The lowest BCUT2D eigenvalue weighted by Gasteiger charge is -2.12. The van der Waals surface area contributed by atoms with E-state index in [0.717, 1.165) is 0 Å². The van der Waals surface area contributed by atoms with E-state index in [1.54, 1.807) is 13.0 Å². The van der Waals surface area contributed by atoms with Crippen LogP contribution in [0.4, 0.5) is 22.0 Å². The number of ether oxygens (including phenoxy) is 1. The molecule has 0 aliphatic rings. The summed E-state index contributed by atoms with van der Waals surface area (Å²) in [5.41, 5.74) is 0.594. The number of nitrogens with one attached hydrogen (secondary N) is 2. The Morgan fingerprint density at radius 1 is 1.25 bits per heavy atom. The third kappa shape index (κ3) is 10.4. The minimum Gasteiger partial charge on any atom is -0.435 e. The Balaban J connectivity index is 0.00000529. The Morgan fingerprint density at radius 2 is 1.96 bits per heavy atom. The molecule has 0 radical (unpaired) electrons. The molecule has 24 heavy (non-hydrogen) atoms. The summed E-state index contributed by atoms with van der Waals surface area (Å²) in [7, 11) is 0. The minimum atomic E-state index is -4.24. The van der Waals surface area contributed by atoms with Crippen molar-refractivity contribution in [2.75, 3.05) is 13.1 Å². The Morgan fingerprint density at radius 3 is 2.54 bits per heavy atom. The van der Waals surface area contributed by atoms with Crippen molar-refractivity contribution in [3.05, 3.63) is 29.8 Å². The first-order valence-electron chi connectivity index (χ1n) is 6.93. The van der Waals surface area contributed by atoms with Gasteiger partial charge in [0.05, 0.1) is 13.0 Å². The number of nitrogens with zero attached hydrogens (tertiary/aromatic N) is 1. The zero-order valence-corrected chi connectivity index (χ0v) is 15.2. The molecule has 0 atom stereocenters. The first-order valence-corrected chi connectivity index (χ1v) is 6.93. The SMILES string of the molecule is CCNC(=NCc1cccc(OC(F)F)c1)NCCC(F)(F)F.I. The van der Waals surface area contributed by atoms with Crippen molar-refractivity contribution in [2.24, 2.45) is 4.99 Å². The number of rotatable bonds is 7. The molecule has 0 amide bonds. The van der Waals surface area contributed by atoms with Crippen molar-refractivity contribution >= 4 is 29.9 Å². The van der Waals surface area contributed by atoms with Gasteiger partial charge in [0, 0.05) is 13.1 Å². The lowest BCUT2D eigenvalue weighted by molar-refractivity contribution is -0.132. The Kier molecular flexibility index (Phi) is 10.6. The van der Waals surface area contributed by atoms with Gasteiger partial charge in [-0.2, -0.15) is 22.0 Å². The standard InChI is InChI=1S/C14H18F5N3O.HI/c1-2-20-13(21-7-6-14(17,18)19)22-9-10-4-3-5-11(8-10)23-12(15)16;/h3-5,8,12H,2,6-7,9H2,1H3,(H2,20,21,22);1H. The number of hydrogen-bond donors (Lipinski definition) is 2. The van der Waals surface area contributed by atoms with E-state index < -0.39 is 19.2 Å². The predicted octanol–water partition coefficient (Wildman–Crippen LogP) is 3.91. The summed E-state index contributed by atoms with van der Waals surface area (Å²) in [4.78, 5) is 4.11. The van der Waals surface area contributed by atoms with Gasteiger partial charge in [-0.1, -0.05) is 12.1 Å². The van der Waals surface area contributed by atoms with Crippen molar-refractivity contribution in [1.29, 1.82) is 0 Å². The second-order valence-electron chi connectivity index (χ2n) is 4.51. The van der Waals surface area contributed by atoms with Crippen LogP contribution in [-0.4, -0.2) is 31.8 Å². The molecule has 0 aliphatic carbocycles. The van der Waals surface area contributed by atoms with Crippen LogP contribution in [-0.2, 0) is 6.54 Å². The predicted molar refractivity (Wildman–Crippen MR) is 92.0 cm³/mol. The molecule has 1 aromatic carbocycles. The molecule has 0 bridgehead atoms. The summed E-state index contributed by atoms with van der Waals surface area (Å²) < 4.78 is 64.9. The van der Waals surface area contributed by atoms with E-state index in [-0.39, 0.29) is 48.8 Å². The Bertz CT molecular complexity index is 511. The monoisotopic (exact) mass is 467 g/mol. The van der Waals surface area contributed by atoms with Crippen molar-refractivity contribution in [2.45, 2.75) is 32.7 Å². The summed E-state index contributed by atoms with van der Waals surface area (Å²) in [5.74, 6) is 0.222. The highest BCUT2D eigenvalue weighted by atomic mass is 127. The van der Waals surface area contributed by atoms with Crippen LogP contribution in [0.3, 0.4) is 0 Å². The molecule has 0 saturated heterocycles. The number of guanidine groups is 1. The molecule has 1 rings (SSSR count). The van der Waals surface area contributed by atoms with E-state index in [0.29, 0.717) is 12.1 Å².